The molecule has 4 aromatic rings. The van der Waals surface area contributed by atoms with E-state index in [0.29, 0.717) is 48.2 Å². The lowest BCUT2D eigenvalue weighted by molar-refractivity contribution is 0.169. The summed E-state index contributed by atoms with van der Waals surface area (Å²) in [6.45, 7) is 2.72. The number of fused-ring (bicyclic) bond motifs is 4. The maximum Gasteiger partial charge on any atom is 0.319 e. The van der Waals surface area contributed by atoms with Crippen molar-refractivity contribution >= 4 is 27.5 Å². The van der Waals surface area contributed by atoms with Crippen molar-refractivity contribution in [3.05, 3.63) is 48.4 Å². The van der Waals surface area contributed by atoms with Crippen molar-refractivity contribution in [3.63, 3.8) is 0 Å². The molecule has 1 N–H and O–H groups in total. The number of ether oxygens (including phenoxy) is 2. The van der Waals surface area contributed by atoms with Crippen LogP contribution in [0.1, 0.15) is 25.7 Å². The normalized spacial score (nSPS) is 19.3. The van der Waals surface area contributed by atoms with Crippen molar-refractivity contribution < 1.29 is 19.0 Å². The molecule has 1 saturated carbocycles. The highest BCUT2D eigenvalue weighted by Gasteiger charge is 2.34. The molecule has 2 aromatic heterocycles. The molecule has 6 rings (SSSR count). The van der Waals surface area contributed by atoms with E-state index in [1.807, 2.05) is 24.3 Å². The van der Waals surface area contributed by atoms with Crippen LogP contribution in [0.25, 0.3) is 32.9 Å². The molecule has 2 aromatic carbocycles. The number of halogens is 1. The van der Waals surface area contributed by atoms with E-state index in [9.17, 15) is 5.11 Å². The summed E-state index contributed by atoms with van der Waals surface area (Å²) in [5.41, 5.74) is 0.837. The second-order valence-electron chi connectivity index (χ2n) is 9.87. The highest BCUT2D eigenvalue weighted by molar-refractivity contribution is 5.99. The molecule has 0 amide bonds. The van der Waals surface area contributed by atoms with Crippen molar-refractivity contribution in [2.24, 2.45) is 11.8 Å². The Morgan fingerprint density at radius 2 is 1.86 bits per heavy atom. The minimum Gasteiger partial charge on any atom is -0.508 e. The summed E-state index contributed by atoms with van der Waals surface area (Å²) in [6, 6.07) is 10.9. The smallest absolute Gasteiger partial charge is 0.319 e. The Morgan fingerprint density at radius 3 is 2.67 bits per heavy atom. The molecule has 1 aliphatic carbocycles. The summed E-state index contributed by atoms with van der Waals surface area (Å²) in [4.78, 5) is 16.0. The van der Waals surface area contributed by atoms with Crippen LogP contribution in [-0.4, -0.2) is 53.5 Å². The lowest BCUT2D eigenvalue weighted by Gasteiger charge is -2.33. The number of pyridine rings is 1. The van der Waals surface area contributed by atoms with Crippen molar-refractivity contribution in [3.8, 4) is 23.0 Å². The molecule has 2 aliphatic rings. The third-order valence-electron chi connectivity index (χ3n) is 7.38. The van der Waals surface area contributed by atoms with E-state index in [1.165, 1.54) is 19.3 Å². The molecule has 2 fully saturated rings. The predicted molar refractivity (Wildman–Crippen MR) is 137 cm³/mol. The second-order valence-corrected chi connectivity index (χ2v) is 9.87. The van der Waals surface area contributed by atoms with Gasteiger partial charge < -0.3 is 19.5 Å². The molecule has 2 atom stereocenters. The second kappa shape index (κ2) is 9.50. The molecule has 7 nitrogen and oxygen atoms in total. The van der Waals surface area contributed by atoms with Gasteiger partial charge in [-0.1, -0.05) is 24.3 Å². The molecule has 0 radical (unpaired) electrons. The number of piperidine rings is 1. The Labute approximate surface area is 208 Å². The Bertz CT molecular complexity index is 1420. The molecule has 8 heteroatoms. The van der Waals surface area contributed by atoms with Gasteiger partial charge in [0.15, 0.2) is 5.82 Å². The number of hydrogen-bond donors (Lipinski definition) is 1. The fourth-order valence-electron chi connectivity index (χ4n) is 5.75. The minimum atomic E-state index is -0.548. The van der Waals surface area contributed by atoms with E-state index in [2.05, 4.69) is 14.9 Å². The number of hydrogen-bond acceptors (Lipinski definition) is 7. The molecule has 36 heavy (non-hydrogen) atoms. The first kappa shape index (κ1) is 22.9. The lowest BCUT2D eigenvalue weighted by Crippen LogP contribution is -2.37. The number of nitrogens with zero attached hydrogens (tertiary/aromatic N) is 4. The van der Waals surface area contributed by atoms with Gasteiger partial charge in [0.1, 0.15) is 22.8 Å². The summed E-state index contributed by atoms with van der Waals surface area (Å²) < 4.78 is 27.2. The Balaban J connectivity index is 1.49. The average Bonchev–Trinajstić information content (AvgIpc) is 3.23. The Kier molecular flexibility index (Phi) is 6.05. The highest BCUT2D eigenvalue weighted by atomic mass is 19.1. The van der Waals surface area contributed by atoms with Crippen LogP contribution in [0.15, 0.2) is 42.6 Å². The van der Waals surface area contributed by atoms with E-state index in [-0.39, 0.29) is 23.0 Å². The third-order valence-corrected chi connectivity index (χ3v) is 7.38. The molecule has 2 unspecified atom stereocenters. The fourth-order valence-corrected chi connectivity index (χ4v) is 5.75. The van der Waals surface area contributed by atoms with E-state index in [1.54, 1.807) is 25.4 Å². The molecule has 1 saturated heterocycles. The van der Waals surface area contributed by atoms with Crippen LogP contribution in [-0.2, 0) is 4.74 Å². The number of phenols is 1. The van der Waals surface area contributed by atoms with Gasteiger partial charge in [-0.2, -0.15) is 9.97 Å². The molecule has 1 aliphatic heterocycles. The summed E-state index contributed by atoms with van der Waals surface area (Å²) >= 11 is 0. The topological polar surface area (TPSA) is 80.6 Å². The molecule has 0 spiro atoms. The molecule has 3 heterocycles. The van der Waals surface area contributed by atoms with Gasteiger partial charge in [0.25, 0.3) is 0 Å². The lowest BCUT2D eigenvalue weighted by atomic mass is 9.98. The highest BCUT2D eigenvalue weighted by Crippen LogP contribution is 2.41. The van der Waals surface area contributed by atoms with E-state index >= 15 is 4.39 Å². The third kappa shape index (κ3) is 4.19. The van der Waals surface area contributed by atoms with Gasteiger partial charge in [-0.15, -0.1) is 0 Å². The number of aromatic hydroxyl groups is 1. The quantitative estimate of drug-likeness (QED) is 0.352. The SMILES string of the molecule is COCCCOc1nc(N2CC3CCC(C3)C2)c2cnc(-c3cc(O)cc4ccccc34)c(F)c2n1. The van der Waals surface area contributed by atoms with Crippen LogP contribution < -0.4 is 9.64 Å². The van der Waals surface area contributed by atoms with Gasteiger partial charge in [0, 0.05) is 45.0 Å². The molecule has 186 valence electrons. The first-order valence-electron chi connectivity index (χ1n) is 12.6. The zero-order chi connectivity index (χ0) is 24.6. The number of methoxy groups -OCH3 is 1. The van der Waals surface area contributed by atoms with Crippen LogP contribution in [0.5, 0.6) is 11.8 Å². The maximum absolute atomic E-state index is 16.2. The monoisotopic (exact) mass is 488 g/mol. The van der Waals surface area contributed by atoms with Gasteiger partial charge in [0.05, 0.1) is 12.0 Å². The zero-order valence-electron chi connectivity index (χ0n) is 20.3. The predicted octanol–water partition coefficient (Wildman–Crippen LogP) is 5.34. The molecule has 2 bridgehead atoms. The summed E-state index contributed by atoms with van der Waals surface area (Å²) in [5, 5.41) is 12.5. The average molecular weight is 489 g/mol. The van der Waals surface area contributed by atoms with Gasteiger partial charge in [-0.05, 0) is 54.0 Å². The number of rotatable bonds is 7. The summed E-state index contributed by atoms with van der Waals surface area (Å²) in [7, 11) is 1.64. The van der Waals surface area contributed by atoms with Crippen molar-refractivity contribution in [2.45, 2.75) is 25.7 Å². The number of anilines is 1. The Hall–Kier alpha value is -3.52. The van der Waals surface area contributed by atoms with Crippen LogP contribution in [0, 0.1) is 17.7 Å². The minimum absolute atomic E-state index is 0.0549. The fraction of sp³-hybridized carbons (Fsp3) is 0.393. The number of benzene rings is 2. The first-order valence-corrected chi connectivity index (χ1v) is 12.6. The van der Waals surface area contributed by atoms with Crippen LogP contribution in [0.3, 0.4) is 0 Å². The molecular weight excluding hydrogens is 459 g/mol. The van der Waals surface area contributed by atoms with E-state index in [4.69, 9.17) is 14.5 Å². The zero-order valence-corrected chi connectivity index (χ0v) is 20.3. The van der Waals surface area contributed by atoms with E-state index in [0.717, 1.165) is 23.9 Å². The number of phenolic OH excluding ortho intramolecular Hbond substituents is 1. The maximum atomic E-state index is 16.2. The largest absolute Gasteiger partial charge is 0.508 e. The summed E-state index contributed by atoms with van der Waals surface area (Å²) in [5.74, 6) is 1.45. The van der Waals surface area contributed by atoms with Gasteiger partial charge >= 0.3 is 6.01 Å². The van der Waals surface area contributed by atoms with Crippen molar-refractivity contribution in [1.29, 1.82) is 0 Å². The van der Waals surface area contributed by atoms with Gasteiger partial charge in [0.2, 0.25) is 0 Å². The van der Waals surface area contributed by atoms with Gasteiger partial charge in [-0.3, -0.25) is 4.98 Å². The van der Waals surface area contributed by atoms with Crippen LogP contribution in [0.4, 0.5) is 10.2 Å². The van der Waals surface area contributed by atoms with Gasteiger partial charge in [-0.25, -0.2) is 4.39 Å². The van der Waals surface area contributed by atoms with Crippen LogP contribution in [0.2, 0.25) is 0 Å². The Morgan fingerprint density at radius 1 is 1.06 bits per heavy atom. The van der Waals surface area contributed by atoms with Crippen molar-refractivity contribution in [1.82, 2.24) is 15.0 Å². The first-order chi connectivity index (χ1) is 17.6. The van der Waals surface area contributed by atoms with Crippen LogP contribution >= 0.6 is 0 Å². The standard InChI is InChI=1S/C28H29FN4O3/c1-35-9-4-10-36-28-31-26-23(27(32-28)33-15-17-7-8-18(11-17)16-33)14-30-25(24(26)29)22-13-20(34)12-19-5-2-3-6-21(19)22/h2-3,5-6,12-14,17-18,34H,4,7-11,15-16H2,1H3. The summed E-state index contributed by atoms with van der Waals surface area (Å²) in [6.07, 6.45) is 6.05. The number of aromatic nitrogens is 3. The molecular formula is C28H29FN4O3. The van der Waals surface area contributed by atoms with Crippen molar-refractivity contribution in [2.75, 3.05) is 38.3 Å². The van der Waals surface area contributed by atoms with E-state index < -0.39 is 5.82 Å².